The molecule has 2 heterocycles. The van der Waals surface area contributed by atoms with Gasteiger partial charge in [0.15, 0.2) is 0 Å². The Morgan fingerprint density at radius 3 is 2.95 bits per heavy atom. The molecule has 1 aromatic carbocycles. The number of anilines is 1. The Balaban J connectivity index is 1.87. The summed E-state index contributed by atoms with van der Waals surface area (Å²) in [6, 6.07) is 7.43. The molecule has 0 atom stereocenters. The molecule has 6 heteroatoms. The van der Waals surface area contributed by atoms with E-state index in [1.165, 1.54) is 0 Å². The Morgan fingerprint density at radius 2 is 2.15 bits per heavy atom. The van der Waals surface area contributed by atoms with Crippen LogP contribution in [0.15, 0.2) is 34.9 Å². The van der Waals surface area contributed by atoms with Crippen LogP contribution in [0, 0.1) is 0 Å². The molecule has 5 nitrogen and oxygen atoms in total. The van der Waals surface area contributed by atoms with Crippen molar-refractivity contribution in [1.29, 1.82) is 0 Å². The fraction of sp³-hybridized carbons (Fsp3) is 0.214. The molecule has 2 aromatic rings. The molecular weight excluding hydrogens is 320 g/mol. The van der Waals surface area contributed by atoms with Crippen LogP contribution in [0.3, 0.4) is 0 Å². The number of amides is 1. The molecule has 0 fully saturated rings. The van der Waals surface area contributed by atoms with Crippen molar-refractivity contribution in [2.45, 2.75) is 13.0 Å². The highest BCUT2D eigenvalue weighted by Crippen LogP contribution is 2.22. The zero-order valence-electron chi connectivity index (χ0n) is 10.7. The second-order valence-corrected chi connectivity index (χ2v) is 5.51. The molecule has 1 aromatic heterocycles. The Morgan fingerprint density at radius 1 is 1.35 bits per heavy atom. The van der Waals surface area contributed by atoms with Crippen LogP contribution in [0.1, 0.15) is 21.6 Å². The average Bonchev–Trinajstić information content (AvgIpc) is 2.46. The van der Waals surface area contributed by atoms with Gasteiger partial charge in [0, 0.05) is 17.2 Å². The number of carbonyl (C=O) groups is 1. The summed E-state index contributed by atoms with van der Waals surface area (Å²) in [5, 5.41) is 0. The molecule has 0 radical (unpaired) electrons. The first-order chi connectivity index (χ1) is 9.65. The second-order valence-electron chi connectivity index (χ2n) is 4.66. The quantitative estimate of drug-likeness (QED) is 0.867. The number of fused-ring (bicyclic) bond motifs is 1. The molecule has 20 heavy (non-hydrogen) atoms. The summed E-state index contributed by atoms with van der Waals surface area (Å²) in [7, 11) is 0. The van der Waals surface area contributed by atoms with Crippen LogP contribution in [0.2, 0.25) is 0 Å². The first-order valence-corrected chi connectivity index (χ1v) is 7.08. The Bertz CT molecular complexity index is 674. The lowest BCUT2D eigenvalue weighted by Gasteiger charge is -2.28. The predicted molar refractivity (Wildman–Crippen MR) is 79.0 cm³/mol. The van der Waals surface area contributed by atoms with Gasteiger partial charge in [-0.25, -0.2) is 9.97 Å². The Kier molecular flexibility index (Phi) is 3.40. The number of nitrogens with two attached hydrogens (primary N) is 1. The minimum absolute atomic E-state index is 0.000286. The van der Waals surface area contributed by atoms with E-state index in [4.69, 9.17) is 5.73 Å². The number of aromatic nitrogens is 2. The van der Waals surface area contributed by atoms with Crippen LogP contribution in [0.5, 0.6) is 0 Å². The van der Waals surface area contributed by atoms with E-state index in [9.17, 15) is 4.79 Å². The first-order valence-electron chi connectivity index (χ1n) is 6.29. The average molecular weight is 333 g/mol. The SMILES string of the molecule is Nc1ncc2c(n1)CN(C(=O)c1ccccc1Br)CC2. The van der Waals surface area contributed by atoms with E-state index >= 15 is 0 Å². The van der Waals surface area contributed by atoms with Crippen molar-refractivity contribution in [3.8, 4) is 0 Å². The number of nitrogen functional groups attached to an aromatic ring is 1. The van der Waals surface area contributed by atoms with Crippen molar-refractivity contribution in [2.75, 3.05) is 12.3 Å². The number of hydrogen-bond donors (Lipinski definition) is 1. The third kappa shape index (κ3) is 2.38. The van der Waals surface area contributed by atoms with Gasteiger partial charge in [0.05, 0.1) is 17.8 Å². The van der Waals surface area contributed by atoms with Crippen LogP contribution < -0.4 is 5.73 Å². The van der Waals surface area contributed by atoms with Crippen molar-refractivity contribution in [1.82, 2.24) is 14.9 Å². The van der Waals surface area contributed by atoms with Gasteiger partial charge >= 0.3 is 0 Å². The maximum absolute atomic E-state index is 12.5. The standard InChI is InChI=1S/C14H13BrN4O/c15-11-4-2-1-3-10(11)13(20)19-6-5-9-7-17-14(16)18-12(9)8-19/h1-4,7H,5-6,8H2,(H2,16,17,18). The summed E-state index contributed by atoms with van der Waals surface area (Å²) in [5.41, 5.74) is 8.17. The minimum atomic E-state index is 0.000286. The van der Waals surface area contributed by atoms with Gasteiger partial charge in [-0.05, 0) is 40.0 Å². The van der Waals surface area contributed by atoms with Crippen molar-refractivity contribution in [3.05, 3.63) is 51.8 Å². The van der Waals surface area contributed by atoms with Crippen LogP contribution in [-0.2, 0) is 13.0 Å². The first kappa shape index (κ1) is 13.1. The van der Waals surface area contributed by atoms with E-state index in [2.05, 4.69) is 25.9 Å². The molecule has 1 aliphatic rings. The van der Waals surface area contributed by atoms with Gasteiger partial charge < -0.3 is 10.6 Å². The van der Waals surface area contributed by atoms with Crippen LogP contribution >= 0.6 is 15.9 Å². The normalized spacial score (nSPS) is 13.9. The monoisotopic (exact) mass is 332 g/mol. The largest absolute Gasteiger partial charge is 0.368 e. The number of carbonyl (C=O) groups excluding carboxylic acids is 1. The zero-order valence-corrected chi connectivity index (χ0v) is 12.3. The van der Waals surface area contributed by atoms with E-state index < -0.39 is 0 Å². The van der Waals surface area contributed by atoms with Crippen LogP contribution in [0.25, 0.3) is 0 Å². The third-order valence-electron chi connectivity index (χ3n) is 3.36. The number of benzene rings is 1. The van der Waals surface area contributed by atoms with Gasteiger partial charge in [0.25, 0.3) is 5.91 Å². The summed E-state index contributed by atoms with van der Waals surface area (Å²) in [6.07, 6.45) is 2.50. The molecule has 1 aliphatic heterocycles. The minimum Gasteiger partial charge on any atom is -0.368 e. The molecule has 0 saturated carbocycles. The fourth-order valence-corrected chi connectivity index (χ4v) is 2.75. The summed E-state index contributed by atoms with van der Waals surface area (Å²) < 4.78 is 0.804. The lowest BCUT2D eigenvalue weighted by Crippen LogP contribution is -2.36. The van der Waals surface area contributed by atoms with E-state index in [0.29, 0.717) is 18.7 Å². The van der Waals surface area contributed by atoms with Gasteiger partial charge in [-0.15, -0.1) is 0 Å². The topological polar surface area (TPSA) is 72.1 Å². The van der Waals surface area contributed by atoms with Crippen molar-refractivity contribution >= 4 is 27.8 Å². The number of nitrogens with zero attached hydrogens (tertiary/aromatic N) is 3. The summed E-state index contributed by atoms with van der Waals surface area (Å²) in [6.45, 7) is 1.14. The van der Waals surface area contributed by atoms with Gasteiger partial charge in [-0.1, -0.05) is 12.1 Å². The molecule has 0 aliphatic carbocycles. The lowest BCUT2D eigenvalue weighted by molar-refractivity contribution is 0.0731. The summed E-state index contributed by atoms with van der Waals surface area (Å²) in [5.74, 6) is 0.249. The molecular formula is C14H13BrN4O. The third-order valence-corrected chi connectivity index (χ3v) is 4.05. The molecule has 3 rings (SSSR count). The Labute approximate surface area is 125 Å². The van der Waals surface area contributed by atoms with Crippen molar-refractivity contribution < 1.29 is 4.79 Å². The summed E-state index contributed by atoms with van der Waals surface area (Å²) in [4.78, 5) is 22.5. The number of halogens is 1. The highest BCUT2D eigenvalue weighted by Gasteiger charge is 2.24. The molecule has 0 spiro atoms. The Hall–Kier alpha value is -1.95. The van der Waals surface area contributed by atoms with Gasteiger partial charge in [-0.3, -0.25) is 4.79 Å². The molecule has 0 unspecified atom stereocenters. The van der Waals surface area contributed by atoms with Crippen LogP contribution in [-0.4, -0.2) is 27.3 Å². The lowest BCUT2D eigenvalue weighted by atomic mass is 10.1. The second kappa shape index (κ2) is 5.20. The number of hydrogen-bond acceptors (Lipinski definition) is 4. The van der Waals surface area contributed by atoms with Gasteiger partial charge in [0.1, 0.15) is 0 Å². The number of rotatable bonds is 1. The molecule has 0 saturated heterocycles. The molecule has 2 N–H and O–H groups in total. The highest BCUT2D eigenvalue weighted by molar-refractivity contribution is 9.10. The molecule has 1 amide bonds. The van der Waals surface area contributed by atoms with Crippen molar-refractivity contribution in [2.24, 2.45) is 0 Å². The molecule has 102 valence electrons. The van der Waals surface area contributed by atoms with Crippen molar-refractivity contribution in [3.63, 3.8) is 0 Å². The predicted octanol–water partition coefficient (Wildman–Crippen LogP) is 2.02. The smallest absolute Gasteiger partial charge is 0.255 e. The van der Waals surface area contributed by atoms with Crippen LogP contribution in [0.4, 0.5) is 5.95 Å². The molecule has 0 bridgehead atoms. The van der Waals surface area contributed by atoms with Gasteiger partial charge in [0.2, 0.25) is 5.95 Å². The van der Waals surface area contributed by atoms with Gasteiger partial charge in [-0.2, -0.15) is 0 Å². The van der Waals surface area contributed by atoms with E-state index in [1.807, 2.05) is 24.3 Å². The van der Waals surface area contributed by atoms with E-state index in [0.717, 1.165) is 22.2 Å². The fourth-order valence-electron chi connectivity index (χ4n) is 2.30. The highest BCUT2D eigenvalue weighted by atomic mass is 79.9. The van der Waals surface area contributed by atoms with E-state index in [1.54, 1.807) is 11.1 Å². The maximum atomic E-state index is 12.5. The maximum Gasteiger partial charge on any atom is 0.255 e. The zero-order chi connectivity index (χ0) is 14.1. The van der Waals surface area contributed by atoms with E-state index in [-0.39, 0.29) is 11.9 Å². The summed E-state index contributed by atoms with van der Waals surface area (Å²) >= 11 is 3.41.